The molecule has 2 fully saturated rings. The normalized spacial score (nSPS) is 19.3. The van der Waals surface area contributed by atoms with Crippen LogP contribution in [0.25, 0.3) is 0 Å². The van der Waals surface area contributed by atoms with Gasteiger partial charge in [0.05, 0.1) is 18.7 Å². The molecule has 3 N–H and O–H groups in total. The van der Waals surface area contributed by atoms with Crippen molar-refractivity contribution < 1.29 is 41.7 Å². The number of benzene rings is 1. The number of halogens is 1. The monoisotopic (exact) mass is 531 g/mol. The molecule has 1 aromatic carbocycles. The largest absolute Gasteiger partial charge is 0.495 e. The van der Waals surface area contributed by atoms with Crippen LogP contribution in [0.5, 0.6) is 5.75 Å². The molecule has 0 saturated carbocycles. The van der Waals surface area contributed by atoms with Crippen molar-refractivity contribution in [3.05, 3.63) is 28.8 Å². The van der Waals surface area contributed by atoms with Crippen molar-refractivity contribution in [2.75, 3.05) is 33.3 Å². The molecule has 0 spiro atoms. The van der Waals surface area contributed by atoms with E-state index in [1.807, 2.05) is 0 Å². The molecule has 16 heteroatoms. The minimum absolute atomic E-state index is 0.0946. The van der Waals surface area contributed by atoms with Crippen LogP contribution in [0.3, 0.4) is 0 Å². The fourth-order valence-corrected chi connectivity index (χ4v) is 4.46. The average Bonchev–Trinajstić information content (AvgIpc) is 2.80. The summed E-state index contributed by atoms with van der Waals surface area (Å²) in [6, 6.07) is 0.336. The molecule has 2 aliphatic heterocycles. The van der Waals surface area contributed by atoms with E-state index in [1.54, 1.807) is 6.92 Å². The third-order valence-electron chi connectivity index (χ3n) is 5.46. The van der Waals surface area contributed by atoms with Gasteiger partial charge in [-0.2, -0.15) is 8.42 Å². The van der Waals surface area contributed by atoms with Crippen molar-refractivity contribution in [2.24, 2.45) is 0 Å². The number of urea groups is 1. The molecule has 0 bridgehead atoms. The molecule has 0 aliphatic carbocycles. The van der Waals surface area contributed by atoms with E-state index in [9.17, 15) is 32.4 Å². The molecule has 3 rings (SSSR count). The van der Waals surface area contributed by atoms with Crippen molar-refractivity contribution in [2.45, 2.75) is 19.0 Å². The average molecular weight is 532 g/mol. The van der Waals surface area contributed by atoms with E-state index in [-0.39, 0.29) is 40.3 Å². The standard InChI is InChI=1S/C19H22ClN5O9S/c1-3-23-6-7-24(18(29)17(23)28)19(30)22-14(10-4-5-13(34-2)11(20)8-10)15(26)21-12-9-25(16(12)27)35(31,32)33/h4-5,8,12,14H,3,6-7,9H2,1-2H3,(H,21,26)(H,22,30)(H,31,32,33)/t12?,14-/m1/s1. The first-order valence-corrected chi connectivity index (χ1v) is 12.0. The van der Waals surface area contributed by atoms with Crippen molar-refractivity contribution in [3.63, 3.8) is 0 Å². The minimum Gasteiger partial charge on any atom is -0.495 e. The van der Waals surface area contributed by atoms with Crippen molar-refractivity contribution in [1.82, 2.24) is 24.7 Å². The lowest BCUT2D eigenvalue weighted by Crippen LogP contribution is -2.66. The Morgan fingerprint density at radius 1 is 1.23 bits per heavy atom. The quantitative estimate of drug-likeness (QED) is 0.224. The minimum atomic E-state index is -4.77. The van der Waals surface area contributed by atoms with Gasteiger partial charge in [0.1, 0.15) is 17.8 Å². The van der Waals surface area contributed by atoms with Crippen LogP contribution in [0.15, 0.2) is 18.2 Å². The SMILES string of the molecule is CCN1CCN(C(=O)N[C@@H](C(=O)NC2CN(S(=O)(=O)O)C2=O)c2ccc(OC)c(Cl)c2)C(=O)C1=O. The van der Waals surface area contributed by atoms with Gasteiger partial charge in [-0.15, -0.1) is 0 Å². The third-order valence-corrected chi connectivity index (χ3v) is 6.64. The number of rotatable bonds is 7. The van der Waals surface area contributed by atoms with Gasteiger partial charge in [-0.1, -0.05) is 17.7 Å². The van der Waals surface area contributed by atoms with Crippen LogP contribution in [0, 0.1) is 0 Å². The van der Waals surface area contributed by atoms with Gasteiger partial charge in [0.15, 0.2) is 0 Å². The Kier molecular flexibility index (Phi) is 7.52. The van der Waals surface area contributed by atoms with Crippen molar-refractivity contribution in [1.29, 1.82) is 0 Å². The van der Waals surface area contributed by atoms with E-state index in [1.165, 1.54) is 30.2 Å². The third kappa shape index (κ3) is 5.31. The zero-order chi connectivity index (χ0) is 26.1. The molecule has 2 saturated heterocycles. The first kappa shape index (κ1) is 26.2. The molecule has 1 unspecified atom stereocenters. The fourth-order valence-electron chi connectivity index (χ4n) is 3.50. The molecule has 2 heterocycles. The zero-order valence-corrected chi connectivity index (χ0v) is 20.1. The van der Waals surface area contributed by atoms with E-state index in [2.05, 4.69) is 10.6 Å². The second-order valence-corrected chi connectivity index (χ2v) is 9.27. The Labute approximate surface area is 205 Å². The van der Waals surface area contributed by atoms with Crippen LogP contribution < -0.4 is 15.4 Å². The van der Waals surface area contributed by atoms with Crippen molar-refractivity contribution in [3.8, 4) is 5.75 Å². The number of methoxy groups -OCH3 is 1. The van der Waals surface area contributed by atoms with Gasteiger partial charge < -0.3 is 20.3 Å². The van der Waals surface area contributed by atoms with Crippen LogP contribution in [0.2, 0.25) is 5.02 Å². The number of carbonyl (C=O) groups excluding carboxylic acids is 5. The number of imide groups is 1. The summed E-state index contributed by atoms with van der Waals surface area (Å²) in [4.78, 5) is 64.3. The van der Waals surface area contributed by atoms with Crippen LogP contribution in [-0.4, -0.2) is 96.1 Å². The summed E-state index contributed by atoms with van der Waals surface area (Å²) >= 11 is 6.14. The molecule has 190 valence electrons. The molecular formula is C19H22ClN5O9S. The van der Waals surface area contributed by atoms with Crippen LogP contribution in [-0.2, 0) is 29.5 Å². The van der Waals surface area contributed by atoms with Gasteiger partial charge >= 0.3 is 28.1 Å². The Hall–Kier alpha value is -3.43. The maximum atomic E-state index is 13.0. The topological polar surface area (TPSA) is 183 Å². The number of hydrogen-bond acceptors (Lipinski definition) is 8. The summed E-state index contributed by atoms with van der Waals surface area (Å²) in [5.74, 6) is -3.67. The second-order valence-electron chi connectivity index (χ2n) is 7.53. The van der Waals surface area contributed by atoms with E-state index < -0.39 is 58.6 Å². The van der Waals surface area contributed by atoms with E-state index >= 15 is 0 Å². The van der Waals surface area contributed by atoms with Crippen molar-refractivity contribution >= 4 is 51.6 Å². The lowest BCUT2D eigenvalue weighted by molar-refractivity contribution is -0.153. The number of carbonyl (C=O) groups is 5. The Morgan fingerprint density at radius 3 is 2.46 bits per heavy atom. The van der Waals surface area contributed by atoms with Crippen LogP contribution >= 0.6 is 11.6 Å². The number of nitrogens with zero attached hydrogens (tertiary/aromatic N) is 3. The van der Waals surface area contributed by atoms with Crippen LogP contribution in [0.1, 0.15) is 18.5 Å². The summed E-state index contributed by atoms with van der Waals surface area (Å²) in [6.45, 7) is 1.46. The number of likely N-dealkylation sites (N-methyl/N-ethyl adjacent to an activating group) is 1. The summed E-state index contributed by atoms with van der Waals surface area (Å²) in [7, 11) is -3.40. The van der Waals surface area contributed by atoms with Crippen LogP contribution in [0.4, 0.5) is 4.79 Å². The summed E-state index contributed by atoms with van der Waals surface area (Å²) in [6.07, 6.45) is 0. The van der Waals surface area contributed by atoms with E-state index in [4.69, 9.17) is 20.9 Å². The lowest BCUT2D eigenvalue weighted by Gasteiger charge is -2.36. The predicted octanol–water partition coefficient (Wildman–Crippen LogP) is -1.08. The molecule has 1 aromatic rings. The maximum absolute atomic E-state index is 13.0. The first-order chi connectivity index (χ1) is 16.4. The summed E-state index contributed by atoms with van der Waals surface area (Å²) in [5, 5.41) is 4.73. The number of nitrogens with one attached hydrogen (secondary N) is 2. The lowest BCUT2D eigenvalue weighted by atomic mass is 10.0. The van der Waals surface area contributed by atoms with Gasteiger partial charge in [-0.25, -0.2) is 9.10 Å². The molecule has 0 aromatic heterocycles. The zero-order valence-electron chi connectivity index (χ0n) is 18.6. The molecular weight excluding hydrogens is 510 g/mol. The highest BCUT2D eigenvalue weighted by molar-refractivity contribution is 7.84. The van der Waals surface area contributed by atoms with Gasteiger partial charge in [0.25, 0.3) is 5.91 Å². The Bertz CT molecular complexity index is 1190. The number of β-lactam (4-membered cyclic amide) rings is 1. The molecule has 2 aliphatic rings. The molecule has 35 heavy (non-hydrogen) atoms. The first-order valence-electron chi connectivity index (χ1n) is 10.2. The highest BCUT2D eigenvalue weighted by Crippen LogP contribution is 2.28. The van der Waals surface area contributed by atoms with Gasteiger partial charge in [0.2, 0.25) is 5.91 Å². The predicted molar refractivity (Wildman–Crippen MR) is 118 cm³/mol. The van der Waals surface area contributed by atoms with E-state index in [0.717, 1.165) is 0 Å². The molecule has 2 atom stereocenters. The summed E-state index contributed by atoms with van der Waals surface area (Å²) < 4.78 is 36.5. The van der Waals surface area contributed by atoms with Gasteiger partial charge in [0, 0.05) is 19.6 Å². The molecule has 0 radical (unpaired) electrons. The highest BCUT2D eigenvalue weighted by Gasteiger charge is 2.45. The number of amides is 6. The fraction of sp³-hybridized carbons (Fsp3) is 0.421. The maximum Gasteiger partial charge on any atom is 0.362 e. The molecule has 14 nitrogen and oxygen atoms in total. The van der Waals surface area contributed by atoms with Gasteiger partial charge in [-0.3, -0.25) is 28.6 Å². The number of piperazine rings is 1. The smallest absolute Gasteiger partial charge is 0.362 e. The summed E-state index contributed by atoms with van der Waals surface area (Å²) in [5.41, 5.74) is 0.144. The second kappa shape index (κ2) is 10.1. The Morgan fingerprint density at radius 2 is 1.91 bits per heavy atom. The molecule has 6 amide bonds. The highest BCUT2D eigenvalue weighted by atomic mass is 35.5. The van der Waals surface area contributed by atoms with E-state index in [0.29, 0.717) is 4.90 Å². The van der Waals surface area contributed by atoms with Gasteiger partial charge in [-0.05, 0) is 24.6 Å². The number of hydrogen-bond donors (Lipinski definition) is 3. The number of ether oxygens (including phenoxy) is 1. The Balaban J connectivity index is 1.82.